The van der Waals surface area contributed by atoms with Crippen LogP contribution >= 0.6 is 0 Å². The Balaban J connectivity index is 2.27. The second-order valence-corrected chi connectivity index (χ2v) is 4.12. The lowest BCUT2D eigenvalue weighted by Gasteiger charge is -2.23. The maximum absolute atomic E-state index is 9.08. The predicted octanol–water partition coefficient (Wildman–Crippen LogP) is 1.02. The largest absolute Gasteiger partial charge is 0.395 e. The first-order valence-electron chi connectivity index (χ1n) is 6.39. The van der Waals surface area contributed by atoms with Crippen molar-refractivity contribution in [2.45, 2.75) is 6.92 Å². The molecule has 0 saturated heterocycles. The summed E-state index contributed by atoms with van der Waals surface area (Å²) >= 11 is 0. The van der Waals surface area contributed by atoms with Crippen molar-refractivity contribution < 1.29 is 5.11 Å². The molecule has 0 unspecified atom stereocenters. The number of aliphatic hydroxyl groups excluding tert-OH is 1. The van der Waals surface area contributed by atoms with Crippen molar-refractivity contribution in [2.75, 3.05) is 35.6 Å². The van der Waals surface area contributed by atoms with Gasteiger partial charge in [0.1, 0.15) is 12.0 Å². The van der Waals surface area contributed by atoms with Gasteiger partial charge in [-0.2, -0.15) is 0 Å². The number of nitrogens with one attached hydrogen (secondary N) is 1. The van der Waals surface area contributed by atoms with Gasteiger partial charge in [-0.05, 0) is 19.1 Å². The van der Waals surface area contributed by atoms with Crippen molar-refractivity contribution in [3.63, 3.8) is 0 Å². The number of nitrogen functional groups attached to an aromatic ring is 1. The van der Waals surface area contributed by atoms with Crippen LogP contribution in [0.2, 0.25) is 0 Å². The van der Waals surface area contributed by atoms with Gasteiger partial charge >= 0.3 is 0 Å². The topological polar surface area (TPSA) is 100 Å². The van der Waals surface area contributed by atoms with Crippen LogP contribution < -0.4 is 16.0 Å². The van der Waals surface area contributed by atoms with Gasteiger partial charge < -0.3 is 21.1 Å². The first-order chi connectivity index (χ1) is 9.76. The summed E-state index contributed by atoms with van der Waals surface area (Å²) in [5, 5.41) is 12.2. The van der Waals surface area contributed by atoms with Gasteiger partial charge in [-0.1, -0.05) is 0 Å². The molecular formula is C13H18N6O. The lowest BCUT2D eigenvalue weighted by molar-refractivity contribution is 0.302. The molecule has 2 heterocycles. The van der Waals surface area contributed by atoms with Crippen molar-refractivity contribution >= 4 is 23.0 Å². The van der Waals surface area contributed by atoms with Gasteiger partial charge in [0.25, 0.3) is 0 Å². The molecule has 0 fully saturated rings. The van der Waals surface area contributed by atoms with E-state index in [0.29, 0.717) is 30.4 Å². The summed E-state index contributed by atoms with van der Waals surface area (Å²) < 4.78 is 0. The van der Waals surface area contributed by atoms with Gasteiger partial charge in [-0.25, -0.2) is 9.97 Å². The molecule has 0 amide bonds. The zero-order valence-electron chi connectivity index (χ0n) is 11.3. The van der Waals surface area contributed by atoms with Gasteiger partial charge in [0.05, 0.1) is 6.61 Å². The number of aromatic nitrogens is 3. The number of aliphatic hydroxyl groups is 1. The smallest absolute Gasteiger partial charge is 0.159 e. The highest BCUT2D eigenvalue weighted by Gasteiger charge is 2.13. The van der Waals surface area contributed by atoms with Gasteiger partial charge in [0, 0.05) is 31.2 Å². The van der Waals surface area contributed by atoms with Crippen LogP contribution in [0, 0.1) is 0 Å². The highest BCUT2D eigenvalue weighted by Crippen LogP contribution is 2.27. The van der Waals surface area contributed by atoms with Gasteiger partial charge in [-0.15, -0.1) is 0 Å². The van der Waals surface area contributed by atoms with Crippen LogP contribution in [0.4, 0.5) is 23.0 Å². The Kier molecular flexibility index (Phi) is 4.67. The number of nitrogens with zero attached hydrogens (tertiary/aromatic N) is 4. The van der Waals surface area contributed by atoms with E-state index < -0.39 is 0 Å². The minimum atomic E-state index is 0.0460. The molecule has 0 aliphatic rings. The number of nitrogens with two attached hydrogens (primary N) is 1. The highest BCUT2D eigenvalue weighted by atomic mass is 16.3. The van der Waals surface area contributed by atoms with Crippen LogP contribution in [0.1, 0.15) is 6.92 Å². The summed E-state index contributed by atoms with van der Waals surface area (Å²) in [6.07, 6.45) is 4.82. The monoisotopic (exact) mass is 274 g/mol. The third-order valence-corrected chi connectivity index (χ3v) is 2.86. The molecular weight excluding hydrogens is 256 g/mol. The number of hydrogen-bond donors (Lipinski definition) is 3. The van der Waals surface area contributed by atoms with Crippen molar-refractivity contribution in [3.05, 3.63) is 30.9 Å². The number of anilines is 4. The van der Waals surface area contributed by atoms with E-state index in [9.17, 15) is 0 Å². The summed E-state index contributed by atoms with van der Waals surface area (Å²) in [6.45, 7) is 3.21. The molecule has 4 N–H and O–H groups in total. The van der Waals surface area contributed by atoms with Crippen molar-refractivity contribution in [3.8, 4) is 0 Å². The van der Waals surface area contributed by atoms with E-state index in [4.69, 9.17) is 10.8 Å². The van der Waals surface area contributed by atoms with Crippen molar-refractivity contribution in [1.82, 2.24) is 15.0 Å². The van der Waals surface area contributed by atoms with Crippen LogP contribution in [0.25, 0.3) is 0 Å². The molecule has 0 aliphatic heterocycles. The molecule has 20 heavy (non-hydrogen) atoms. The normalized spacial score (nSPS) is 10.3. The van der Waals surface area contributed by atoms with E-state index in [1.807, 2.05) is 24.0 Å². The Morgan fingerprint density at radius 2 is 2.05 bits per heavy atom. The summed E-state index contributed by atoms with van der Waals surface area (Å²) in [4.78, 5) is 14.2. The fourth-order valence-electron chi connectivity index (χ4n) is 1.84. The molecule has 0 saturated carbocycles. The zero-order chi connectivity index (χ0) is 14.4. The average Bonchev–Trinajstić information content (AvgIpc) is 2.48. The van der Waals surface area contributed by atoms with Crippen LogP contribution in [0.3, 0.4) is 0 Å². The van der Waals surface area contributed by atoms with E-state index in [1.54, 1.807) is 12.4 Å². The summed E-state index contributed by atoms with van der Waals surface area (Å²) in [5.41, 5.74) is 7.42. The molecule has 0 aliphatic carbocycles. The molecule has 0 atom stereocenters. The molecule has 0 bridgehead atoms. The summed E-state index contributed by atoms with van der Waals surface area (Å²) in [5.74, 6) is 1.16. The second-order valence-electron chi connectivity index (χ2n) is 4.12. The molecule has 106 valence electrons. The molecule has 2 aromatic rings. The van der Waals surface area contributed by atoms with E-state index in [0.717, 1.165) is 5.69 Å². The Morgan fingerprint density at radius 3 is 2.70 bits per heavy atom. The third kappa shape index (κ3) is 3.12. The first kappa shape index (κ1) is 14.0. The van der Waals surface area contributed by atoms with Crippen LogP contribution in [-0.2, 0) is 0 Å². The molecule has 7 heteroatoms. The lowest BCUT2D eigenvalue weighted by Crippen LogP contribution is -2.28. The minimum Gasteiger partial charge on any atom is -0.395 e. The lowest BCUT2D eigenvalue weighted by atomic mass is 10.3. The first-order valence-corrected chi connectivity index (χ1v) is 6.39. The standard InChI is InChI=1S/C13H18N6O/c1-2-19(7-8-20)13-11(14)12(16-9-17-13)18-10-3-5-15-6-4-10/h3-6,9,20H,2,7-8,14H2,1H3,(H,15,16,17,18). The Bertz CT molecular complexity index is 548. The van der Waals surface area contributed by atoms with Crippen LogP contribution in [0.5, 0.6) is 0 Å². The zero-order valence-corrected chi connectivity index (χ0v) is 11.3. The van der Waals surface area contributed by atoms with Crippen LogP contribution in [0.15, 0.2) is 30.9 Å². The van der Waals surface area contributed by atoms with E-state index in [2.05, 4.69) is 20.3 Å². The van der Waals surface area contributed by atoms with Crippen molar-refractivity contribution in [2.24, 2.45) is 0 Å². The Labute approximate surface area is 117 Å². The molecule has 2 rings (SSSR count). The molecule has 0 radical (unpaired) electrons. The number of likely N-dealkylation sites (N-methyl/N-ethyl adjacent to an activating group) is 1. The van der Waals surface area contributed by atoms with Gasteiger partial charge in [0.15, 0.2) is 11.6 Å². The Hall–Kier alpha value is -2.41. The van der Waals surface area contributed by atoms with E-state index in [-0.39, 0.29) is 6.61 Å². The average molecular weight is 274 g/mol. The van der Waals surface area contributed by atoms with Gasteiger partial charge in [-0.3, -0.25) is 4.98 Å². The molecule has 0 aromatic carbocycles. The summed E-state index contributed by atoms with van der Waals surface area (Å²) in [6, 6.07) is 3.65. The predicted molar refractivity (Wildman–Crippen MR) is 78.9 cm³/mol. The van der Waals surface area contributed by atoms with Crippen LogP contribution in [-0.4, -0.2) is 39.8 Å². The van der Waals surface area contributed by atoms with Crippen molar-refractivity contribution in [1.29, 1.82) is 0 Å². The quantitative estimate of drug-likeness (QED) is 0.723. The minimum absolute atomic E-state index is 0.0460. The maximum atomic E-state index is 9.08. The SMILES string of the molecule is CCN(CCO)c1ncnc(Nc2ccncc2)c1N. The van der Waals surface area contributed by atoms with E-state index >= 15 is 0 Å². The fourth-order valence-corrected chi connectivity index (χ4v) is 1.84. The van der Waals surface area contributed by atoms with E-state index in [1.165, 1.54) is 6.33 Å². The maximum Gasteiger partial charge on any atom is 0.159 e. The molecule has 2 aromatic heterocycles. The Morgan fingerprint density at radius 1 is 1.30 bits per heavy atom. The number of rotatable bonds is 6. The third-order valence-electron chi connectivity index (χ3n) is 2.86. The second kappa shape index (κ2) is 6.67. The van der Waals surface area contributed by atoms with Gasteiger partial charge in [0.2, 0.25) is 0 Å². The summed E-state index contributed by atoms with van der Waals surface area (Å²) in [7, 11) is 0. The molecule has 0 spiro atoms. The number of pyridine rings is 1. The fraction of sp³-hybridized carbons (Fsp3) is 0.308. The highest BCUT2D eigenvalue weighted by molar-refractivity contribution is 5.78. The molecule has 7 nitrogen and oxygen atoms in total. The number of hydrogen-bond acceptors (Lipinski definition) is 7.